The van der Waals surface area contributed by atoms with Gasteiger partial charge in [0.05, 0.1) is 19.5 Å². The lowest BCUT2D eigenvalue weighted by molar-refractivity contribution is 0.174. The first-order valence-electron chi connectivity index (χ1n) is 17.6. The molecule has 4 aliphatic rings. The van der Waals surface area contributed by atoms with Crippen molar-refractivity contribution in [2.75, 3.05) is 52.9 Å². The first kappa shape index (κ1) is 35.2. The predicted molar refractivity (Wildman–Crippen MR) is 232 cm³/mol. The molecule has 0 bridgehead atoms. The Morgan fingerprint density at radius 2 is 0.482 bits per heavy atom. The van der Waals surface area contributed by atoms with Crippen molar-refractivity contribution < 1.29 is 37.9 Å². The Hall–Kier alpha value is -4.00. The third-order valence-corrected chi connectivity index (χ3v) is 18.2. The number of hydrogen-bond donors (Lipinski definition) is 0. The van der Waals surface area contributed by atoms with Gasteiger partial charge in [0.1, 0.15) is 52.9 Å². The maximum absolute atomic E-state index is 5.84. The fraction of sp³-hybridized carbons (Fsp3) is 0.200. The molecule has 0 N–H and O–H groups in total. The van der Waals surface area contributed by atoms with Crippen molar-refractivity contribution in [3.05, 3.63) is 70.1 Å². The van der Waals surface area contributed by atoms with Crippen molar-refractivity contribution in [3.63, 3.8) is 0 Å². The van der Waals surface area contributed by atoms with Crippen molar-refractivity contribution in [1.82, 2.24) is 0 Å². The SMILES string of the molecule is c1cc(-c2scc3c2OCCO3)sc1-c1ccc(-c2scc3c2OCCO3)s1.c1cc(-c2scc3c2OCCO3)sc1-c1ccc(-c2scc3c2OCCO3)s1. The average molecular weight is 893 g/mol. The Bertz CT molecular complexity index is 2300. The van der Waals surface area contributed by atoms with Gasteiger partial charge in [0.15, 0.2) is 46.0 Å². The standard InChI is InChI=1S/2C20H14O4S4/c2*1-3-15(19-17-11(9-25-19)21-5-7-23-17)27-13(1)14-2-4-16(28-14)20-18-12(10-26-20)22-6-8-24-18/h2*1-4,9-10H,5-8H2. The van der Waals surface area contributed by atoms with E-state index in [-0.39, 0.29) is 0 Å². The Labute approximate surface area is 353 Å². The van der Waals surface area contributed by atoms with E-state index in [0.29, 0.717) is 52.9 Å². The van der Waals surface area contributed by atoms with Crippen LogP contribution in [0.15, 0.2) is 70.1 Å². The molecule has 8 aromatic rings. The maximum Gasteiger partial charge on any atom is 0.180 e. The fourth-order valence-electron chi connectivity index (χ4n) is 6.50. The minimum Gasteiger partial charge on any atom is -0.485 e. The van der Waals surface area contributed by atoms with Crippen LogP contribution >= 0.6 is 90.7 Å². The van der Waals surface area contributed by atoms with E-state index in [1.165, 1.54) is 39.0 Å². The molecule has 0 saturated carbocycles. The zero-order chi connectivity index (χ0) is 37.0. The lowest BCUT2D eigenvalue weighted by Gasteiger charge is -2.15. The van der Waals surface area contributed by atoms with Gasteiger partial charge in [0, 0.05) is 60.5 Å². The van der Waals surface area contributed by atoms with E-state index in [0.717, 1.165) is 65.5 Å². The summed E-state index contributed by atoms with van der Waals surface area (Å²) < 4.78 is 46.1. The van der Waals surface area contributed by atoms with Gasteiger partial charge in [-0.25, -0.2) is 0 Å². The molecule has 12 heterocycles. The molecule has 0 unspecified atom stereocenters. The second kappa shape index (κ2) is 15.1. The quantitative estimate of drug-likeness (QED) is 0.163. The monoisotopic (exact) mass is 892 g/mol. The molecule has 0 fully saturated rings. The van der Waals surface area contributed by atoms with Gasteiger partial charge < -0.3 is 37.9 Å². The van der Waals surface area contributed by atoms with Crippen LogP contribution in [-0.2, 0) is 0 Å². The Balaban J connectivity index is 0.000000130. The summed E-state index contributed by atoms with van der Waals surface area (Å²) in [6, 6.07) is 17.5. The molecular weight excluding hydrogens is 865 g/mol. The van der Waals surface area contributed by atoms with Crippen LogP contribution in [0.4, 0.5) is 0 Å². The van der Waals surface area contributed by atoms with Gasteiger partial charge in [-0.2, -0.15) is 0 Å². The maximum atomic E-state index is 5.84. The molecule has 0 radical (unpaired) electrons. The number of rotatable bonds is 6. The second-order valence-electron chi connectivity index (χ2n) is 12.5. The molecule has 0 saturated heterocycles. The molecule has 284 valence electrons. The smallest absolute Gasteiger partial charge is 0.180 e. The number of ether oxygens (including phenoxy) is 8. The van der Waals surface area contributed by atoms with Crippen molar-refractivity contribution in [2.45, 2.75) is 0 Å². The molecule has 12 rings (SSSR count). The van der Waals surface area contributed by atoms with Crippen molar-refractivity contribution in [1.29, 1.82) is 0 Å². The molecule has 56 heavy (non-hydrogen) atoms. The summed E-state index contributed by atoms with van der Waals surface area (Å²) in [6.45, 7) is 4.94. The molecule has 16 heteroatoms. The third kappa shape index (κ3) is 6.49. The van der Waals surface area contributed by atoms with E-state index in [1.807, 2.05) is 21.5 Å². The summed E-state index contributed by atoms with van der Waals surface area (Å²) in [4.78, 5) is 14.5. The summed E-state index contributed by atoms with van der Waals surface area (Å²) in [5, 5.41) is 8.14. The van der Waals surface area contributed by atoms with Gasteiger partial charge in [-0.1, -0.05) is 0 Å². The largest absolute Gasteiger partial charge is 0.485 e. The zero-order valence-corrected chi connectivity index (χ0v) is 35.6. The normalized spacial score (nSPS) is 15.0. The van der Waals surface area contributed by atoms with Crippen LogP contribution in [0.5, 0.6) is 46.0 Å². The lowest BCUT2D eigenvalue weighted by atomic mass is 10.3. The molecule has 0 atom stereocenters. The van der Waals surface area contributed by atoms with Gasteiger partial charge in [-0.15, -0.1) is 90.7 Å². The molecular formula is C40H28O8S8. The van der Waals surface area contributed by atoms with E-state index >= 15 is 0 Å². The molecule has 4 aliphatic heterocycles. The third-order valence-electron chi connectivity index (χ3n) is 9.01. The van der Waals surface area contributed by atoms with Crippen LogP contribution in [0.2, 0.25) is 0 Å². The highest BCUT2D eigenvalue weighted by molar-refractivity contribution is 7.29. The first-order valence-corrected chi connectivity index (χ1v) is 24.4. The molecule has 8 aromatic heterocycles. The van der Waals surface area contributed by atoms with Crippen LogP contribution in [0, 0.1) is 0 Å². The highest BCUT2D eigenvalue weighted by Gasteiger charge is 2.25. The molecule has 8 nitrogen and oxygen atoms in total. The molecule has 0 aliphatic carbocycles. The molecule has 0 spiro atoms. The van der Waals surface area contributed by atoms with Crippen molar-refractivity contribution >= 4 is 90.7 Å². The van der Waals surface area contributed by atoms with E-state index < -0.39 is 0 Å². The van der Waals surface area contributed by atoms with E-state index in [1.54, 1.807) is 90.7 Å². The van der Waals surface area contributed by atoms with Gasteiger partial charge in [-0.05, 0) is 48.5 Å². The molecule has 0 aromatic carbocycles. The van der Waals surface area contributed by atoms with Gasteiger partial charge in [0.2, 0.25) is 0 Å². The van der Waals surface area contributed by atoms with Gasteiger partial charge in [-0.3, -0.25) is 0 Å². The summed E-state index contributed by atoms with van der Waals surface area (Å²) in [6.07, 6.45) is 0. The Morgan fingerprint density at radius 1 is 0.268 bits per heavy atom. The lowest BCUT2D eigenvalue weighted by Crippen LogP contribution is -2.14. The van der Waals surface area contributed by atoms with Gasteiger partial charge in [0.25, 0.3) is 0 Å². The average Bonchev–Trinajstić information content (AvgIpc) is 4.10. The first-order chi connectivity index (χ1) is 27.7. The zero-order valence-electron chi connectivity index (χ0n) is 29.1. The van der Waals surface area contributed by atoms with Gasteiger partial charge >= 0.3 is 0 Å². The predicted octanol–water partition coefficient (Wildman–Crippen LogP) is 13.0. The Kier molecular flexibility index (Phi) is 9.46. The molecule has 0 amide bonds. The van der Waals surface area contributed by atoms with Crippen molar-refractivity contribution in [2.24, 2.45) is 0 Å². The van der Waals surface area contributed by atoms with Crippen LogP contribution in [0.1, 0.15) is 0 Å². The minimum atomic E-state index is 0.611. The summed E-state index contributed by atoms with van der Waals surface area (Å²) in [7, 11) is 0. The Morgan fingerprint density at radius 3 is 0.732 bits per heavy atom. The number of fused-ring (bicyclic) bond motifs is 4. The van der Waals surface area contributed by atoms with Crippen LogP contribution in [0.25, 0.3) is 58.5 Å². The van der Waals surface area contributed by atoms with Crippen LogP contribution < -0.4 is 37.9 Å². The summed E-state index contributed by atoms with van der Waals surface area (Å²) in [5.74, 6) is 7.01. The van der Waals surface area contributed by atoms with Crippen LogP contribution in [-0.4, -0.2) is 52.9 Å². The van der Waals surface area contributed by atoms with E-state index in [2.05, 4.69) is 48.5 Å². The summed E-state index contributed by atoms with van der Waals surface area (Å²) >= 11 is 13.9. The van der Waals surface area contributed by atoms with Crippen LogP contribution in [0.3, 0.4) is 0 Å². The van der Waals surface area contributed by atoms with E-state index in [4.69, 9.17) is 37.9 Å². The highest BCUT2D eigenvalue weighted by atomic mass is 32.1. The number of thiophene rings is 8. The fourth-order valence-corrected chi connectivity index (χ4v) is 14.9. The number of hydrogen-bond acceptors (Lipinski definition) is 16. The minimum absolute atomic E-state index is 0.611. The highest BCUT2D eigenvalue weighted by Crippen LogP contribution is 2.53. The topological polar surface area (TPSA) is 73.8 Å². The van der Waals surface area contributed by atoms with E-state index in [9.17, 15) is 0 Å². The van der Waals surface area contributed by atoms with Crippen molar-refractivity contribution in [3.8, 4) is 105 Å². The summed E-state index contributed by atoms with van der Waals surface area (Å²) in [5.41, 5.74) is 0. The second-order valence-corrected chi connectivity index (χ2v) is 20.3.